The van der Waals surface area contributed by atoms with E-state index in [4.69, 9.17) is 9.68 Å². The number of rotatable bonds is 7. The maximum absolute atomic E-state index is 11.8. The fourth-order valence-corrected chi connectivity index (χ4v) is 3.27. The first-order chi connectivity index (χ1) is 10.5. The van der Waals surface area contributed by atoms with E-state index in [1.165, 1.54) is 23.5 Å². The highest BCUT2D eigenvalue weighted by Crippen LogP contribution is 2.24. The van der Waals surface area contributed by atoms with E-state index in [0.717, 1.165) is 10.1 Å². The molecule has 2 aliphatic rings. The molecule has 22 heavy (non-hydrogen) atoms. The number of hydroxylamine groups is 4. The molecule has 0 radical (unpaired) electrons. The van der Waals surface area contributed by atoms with Crippen LogP contribution in [0.15, 0.2) is 0 Å². The molecule has 4 amide bonds. The standard InChI is InChI=1S/C12H16N2O6S2/c1-21-7-5-9(15)13(11(7)17)19-3-4-20-14-10(16)6-8(22-2)12(14)18/h7-8H,3-6H2,1-2H3. The van der Waals surface area contributed by atoms with Gasteiger partial charge in [0.25, 0.3) is 23.6 Å². The summed E-state index contributed by atoms with van der Waals surface area (Å²) in [6.07, 6.45) is 3.71. The Hall–Kier alpha value is -1.10. The van der Waals surface area contributed by atoms with Crippen LogP contribution in [0.5, 0.6) is 0 Å². The molecule has 0 spiro atoms. The fourth-order valence-electron chi connectivity index (χ4n) is 2.06. The van der Waals surface area contributed by atoms with Crippen molar-refractivity contribution >= 4 is 47.2 Å². The Labute approximate surface area is 135 Å². The molecule has 2 fully saturated rings. The minimum Gasteiger partial charge on any atom is -0.272 e. The van der Waals surface area contributed by atoms with Crippen LogP contribution in [0.4, 0.5) is 0 Å². The molecule has 0 bridgehead atoms. The van der Waals surface area contributed by atoms with E-state index in [0.29, 0.717) is 0 Å². The molecule has 10 heteroatoms. The number of thioether (sulfide) groups is 2. The maximum atomic E-state index is 11.8. The van der Waals surface area contributed by atoms with Gasteiger partial charge >= 0.3 is 0 Å². The average molecular weight is 348 g/mol. The second-order valence-electron chi connectivity index (χ2n) is 4.58. The third-order valence-corrected chi connectivity index (χ3v) is 5.09. The lowest BCUT2D eigenvalue weighted by atomic mass is 10.4. The van der Waals surface area contributed by atoms with Crippen molar-refractivity contribution in [3.63, 3.8) is 0 Å². The zero-order chi connectivity index (χ0) is 16.3. The van der Waals surface area contributed by atoms with Crippen molar-refractivity contribution in [3.05, 3.63) is 0 Å². The molecule has 0 aromatic rings. The van der Waals surface area contributed by atoms with Gasteiger partial charge in [0.05, 0.1) is 23.3 Å². The van der Waals surface area contributed by atoms with Crippen molar-refractivity contribution in [2.75, 3.05) is 25.7 Å². The van der Waals surface area contributed by atoms with Gasteiger partial charge in [-0.2, -0.15) is 33.7 Å². The molecular weight excluding hydrogens is 332 g/mol. The number of hydrogen-bond donors (Lipinski definition) is 0. The molecule has 2 saturated heterocycles. The summed E-state index contributed by atoms with van der Waals surface area (Å²) in [5.41, 5.74) is 0. The summed E-state index contributed by atoms with van der Waals surface area (Å²) in [7, 11) is 0. The van der Waals surface area contributed by atoms with Gasteiger partial charge < -0.3 is 0 Å². The van der Waals surface area contributed by atoms with Crippen molar-refractivity contribution in [2.45, 2.75) is 23.3 Å². The molecule has 2 heterocycles. The fraction of sp³-hybridized carbons (Fsp3) is 0.667. The van der Waals surface area contributed by atoms with Gasteiger partial charge in [-0.05, 0) is 12.5 Å². The summed E-state index contributed by atoms with van der Waals surface area (Å²) >= 11 is 2.58. The van der Waals surface area contributed by atoms with Crippen molar-refractivity contribution in [1.82, 2.24) is 10.1 Å². The van der Waals surface area contributed by atoms with E-state index in [1.54, 1.807) is 12.5 Å². The van der Waals surface area contributed by atoms with Gasteiger partial charge in [0.15, 0.2) is 0 Å². The summed E-state index contributed by atoms with van der Waals surface area (Å²) in [5, 5.41) is 0.612. The van der Waals surface area contributed by atoms with E-state index in [-0.39, 0.29) is 26.1 Å². The SMILES string of the molecule is CSC1CC(=O)N(OCCON2C(=O)CC(SC)C2=O)C1=O. The van der Waals surface area contributed by atoms with Crippen LogP contribution in [0.3, 0.4) is 0 Å². The molecule has 0 aliphatic carbocycles. The lowest BCUT2D eigenvalue weighted by molar-refractivity contribution is -0.210. The maximum Gasteiger partial charge on any atom is 0.267 e. The third-order valence-electron chi connectivity index (χ3n) is 3.22. The van der Waals surface area contributed by atoms with Gasteiger partial charge in [-0.25, -0.2) is 0 Å². The minimum atomic E-state index is -0.419. The number of hydrogen-bond acceptors (Lipinski definition) is 8. The molecule has 2 rings (SSSR count). The molecule has 0 saturated carbocycles. The number of carbonyl (C=O) groups is 4. The molecular formula is C12H16N2O6S2. The number of amides is 4. The molecule has 0 N–H and O–H groups in total. The van der Waals surface area contributed by atoms with Crippen molar-refractivity contribution < 1.29 is 28.9 Å². The predicted molar refractivity (Wildman–Crippen MR) is 79.5 cm³/mol. The Morgan fingerprint density at radius 3 is 1.50 bits per heavy atom. The van der Waals surface area contributed by atoms with Crippen LogP contribution < -0.4 is 0 Å². The average Bonchev–Trinajstić information content (AvgIpc) is 2.93. The Balaban J connectivity index is 1.76. The van der Waals surface area contributed by atoms with Gasteiger partial charge in [-0.3, -0.25) is 28.9 Å². The van der Waals surface area contributed by atoms with E-state index in [9.17, 15) is 19.2 Å². The number of carbonyl (C=O) groups excluding carboxylic acids is 4. The predicted octanol–water partition coefficient (Wildman–Crippen LogP) is -0.169. The number of imide groups is 2. The monoisotopic (exact) mass is 348 g/mol. The van der Waals surface area contributed by atoms with Gasteiger partial charge in [0, 0.05) is 0 Å². The molecule has 8 nitrogen and oxygen atoms in total. The Morgan fingerprint density at radius 2 is 1.23 bits per heavy atom. The second kappa shape index (κ2) is 7.44. The second-order valence-corrected chi connectivity index (χ2v) is 6.66. The van der Waals surface area contributed by atoms with Crippen LogP contribution in [-0.2, 0) is 28.9 Å². The zero-order valence-corrected chi connectivity index (χ0v) is 13.8. The van der Waals surface area contributed by atoms with E-state index in [2.05, 4.69) is 0 Å². The molecule has 2 unspecified atom stereocenters. The lowest BCUT2D eigenvalue weighted by Crippen LogP contribution is -2.35. The smallest absolute Gasteiger partial charge is 0.267 e. The van der Waals surface area contributed by atoms with Crippen LogP contribution in [-0.4, -0.2) is 70.0 Å². The third kappa shape index (κ3) is 3.45. The van der Waals surface area contributed by atoms with Gasteiger partial charge in [-0.15, -0.1) is 0 Å². The zero-order valence-electron chi connectivity index (χ0n) is 12.1. The normalized spacial score (nSPS) is 25.7. The highest BCUT2D eigenvalue weighted by molar-refractivity contribution is 8.00. The van der Waals surface area contributed by atoms with Gasteiger partial charge in [0.2, 0.25) is 0 Å². The Kier molecular flexibility index (Phi) is 5.84. The van der Waals surface area contributed by atoms with Crippen LogP contribution >= 0.6 is 23.5 Å². The molecule has 0 aromatic carbocycles. The molecule has 0 aromatic heterocycles. The van der Waals surface area contributed by atoms with Crippen LogP contribution in [0.25, 0.3) is 0 Å². The van der Waals surface area contributed by atoms with Crippen molar-refractivity contribution in [1.29, 1.82) is 0 Å². The minimum absolute atomic E-state index is 0.110. The van der Waals surface area contributed by atoms with Gasteiger partial charge in [-0.1, -0.05) is 0 Å². The highest BCUT2D eigenvalue weighted by atomic mass is 32.2. The first-order valence-corrected chi connectivity index (χ1v) is 9.12. The first-order valence-electron chi connectivity index (χ1n) is 6.54. The van der Waals surface area contributed by atoms with Crippen LogP contribution in [0.2, 0.25) is 0 Å². The van der Waals surface area contributed by atoms with E-state index < -0.39 is 34.1 Å². The lowest BCUT2D eigenvalue weighted by Gasteiger charge is -2.16. The topological polar surface area (TPSA) is 93.2 Å². The summed E-state index contributed by atoms with van der Waals surface area (Å²) in [4.78, 5) is 56.9. The van der Waals surface area contributed by atoms with Gasteiger partial charge in [0.1, 0.15) is 13.2 Å². The Bertz CT molecular complexity index is 456. The summed E-state index contributed by atoms with van der Waals surface area (Å²) < 4.78 is 0. The summed E-state index contributed by atoms with van der Waals surface area (Å²) in [6.45, 7) is -0.223. The number of nitrogens with zero attached hydrogens (tertiary/aromatic N) is 2. The van der Waals surface area contributed by atoms with Crippen LogP contribution in [0.1, 0.15) is 12.8 Å². The first kappa shape index (κ1) is 17.3. The molecule has 2 atom stereocenters. The Morgan fingerprint density at radius 1 is 0.864 bits per heavy atom. The van der Waals surface area contributed by atoms with Crippen LogP contribution in [0, 0.1) is 0 Å². The summed E-state index contributed by atoms with van der Waals surface area (Å²) in [6, 6.07) is 0. The van der Waals surface area contributed by atoms with E-state index in [1.807, 2.05) is 0 Å². The largest absolute Gasteiger partial charge is 0.272 e. The summed E-state index contributed by atoms with van der Waals surface area (Å²) in [5.74, 6) is -1.60. The van der Waals surface area contributed by atoms with E-state index >= 15 is 0 Å². The quantitative estimate of drug-likeness (QED) is 0.462. The van der Waals surface area contributed by atoms with Crippen molar-refractivity contribution in [3.8, 4) is 0 Å². The van der Waals surface area contributed by atoms with Crippen molar-refractivity contribution in [2.24, 2.45) is 0 Å². The molecule has 122 valence electrons. The molecule has 2 aliphatic heterocycles. The highest BCUT2D eigenvalue weighted by Gasteiger charge is 2.40.